The van der Waals surface area contributed by atoms with Gasteiger partial charge in [0.05, 0.1) is 12.3 Å². The molecule has 1 aromatic carbocycles. The van der Waals surface area contributed by atoms with Crippen LogP contribution in [0.15, 0.2) is 35.5 Å². The van der Waals surface area contributed by atoms with E-state index in [1.54, 1.807) is 0 Å². The van der Waals surface area contributed by atoms with Crippen molar-refractivity contribution in [1.82, 2.24) is 4.90 Å². The molecule has 0 heterocycles. The van der Waals surface area contributed by atoms with Crippen LogP contribution in [0.3, 0.4) is 0 Å². The Balaban J connectivity index is 2.89. The van der Waals surface area contributed by atoms with Crippen molar-refractivity contribution >= 4 is 6.21 Å². The van der Waals surface area contributed by atoms with Crippen molar-refractivity contribution < 1.29 is 5.21 Å². The predicted octanol–water partition coefficient (Wildman–Crippen LogP) is 1.75. The molecule has 3 heteroatoms. The van der Waals surface area contributed by atoms with E-state index in [1.807, 2.05) is 49.3 Å². The molecule has 0 aliphatic heterocycles. The van der Waals surface area contributed by atoms with Gasteiger partial charge in [0.25, 0.3) is 0 Å². The highest BCUT2D eigenvalue weighted by Crippen LogP contribution is 2.14. The summed E-state index contributed by atoms with van der Waals surface area (Å²) in [5.74, 6) is 0. The molecule has 0 fully saturated rings. The van der Waals surface area contributed by atoms with Crippen LogP contribution >= 0.6 is 0 Å². The lowest BCUT2D eigenvalue weighted by atomic mass is 10.1. The smallest absolute Gasteiger partial charge is 0.0734 e. The molecule has 0 spiro atoms. The quantitative estimate of drug-likeness (QED) is 0.435. The highest BCUT2D eigenvalue weighted by atomic mass is 16.4. The Bertz CT molecular complexity index is 270. The molecular formula is C10H14N2O. The van der Waals surface area contributed by atoms with Gasteiger partial charge in [-0.05, 0) is 19.7 Å². The number of benzene rings is 1. The van der Waals surface area contributed by atoms with Gasteiger partial charge in [-0.25, -0.2) is 0 Å². The third-order valence-electron chi connectivity index (χ3n) is 1.91. The van der Waals surface area contributed by atoms with Gasteiger partial charge >= 0.3 is 0 Å². The summed E-state index contributed by atoms with van der Waals surface area (Å²) < 4.78 is 0. The lowest BCUT2D eigenvalue weighted by Crippen LogP contribution is -2.20. The van der Waals surface area contributed by atoms with E-state index in [-0.39, 0.29) is 6.04 Å². The van der Waals surface area contributed by atoms with Crippen LogP contribution < -0.4 is 0 Å². The maximum Gasteiger partial charge on any atom is 0.0734 e. The summed E-state index contributed by atoms with van der Waals surface area (Å²) in [5, 5.41) is 11.6. The molecule has 0 radical (unpaired) electrons. The minimum atomic E-state index is 0.0335. The fraction of sp³-hybridized carbons (Fsp3) is 0.300. The van der Waals surface area contributed by atoms with E-state index in [0.717, 1.165) is 5.56 Å². The minimum absolute atomic E-state index is 0.0335. The van der Waals surface area contributed by atoms with Crippen molar-refractivity contribution in [3.63, 3.8) is 0 Å². The minimum Gasteiger partial charge on any atom is -0.411 e. The second-order valence-corrected chi connectivity index (χ2v) is 3.08. The molecule has 0 saturated heterocycles. The van der Waals surface area contributed by atoms with Crippen molar-refractivity contribution in [2.75, 3.05) is 14.1 Å². The topological polar surface area (TPSA) is 35.8 Å². The second kappa shape index (κ2) is 4.62. The first-order valence-corrected chi connectivity index (χ1v) is 4.14. The van der Waals surface area contributed by atoms with Gasteiger partial charge in [-0.2, -0.15) is 0 Å². The lowest BCUT2D eigenvalue weighted by Gasteiger charge is -2.19. The Morgan fingerprint density at radius 2 is 1.92 bits per heavy atom. The van der Waals surface area contributed by atoms with Gasteiger partial charge in [-0.3, -0.25) is 4.90 Å². The SMILES string of the molecule is CN(C)C(/C=N/O)c1ccccc1. The van der Waals surface area contributed by atoms with Crippen LogP contribution in [-0.2, 0) is 0 Å². The van der Waals surface area contributed by atoms with Gasteiger partial charge in [0.1, 0.15) is 0 Å². The predicted molar refractivity (Wildman–Crippen MR) is 53.1 cm³/mol. The molecule has 1 N–H and O–H groups in total. The zero-order chi connectivity index (χ0) is 9.68. The fourth-order valence-electron chi connectivity index (χ4n) is 1.23. The van der Waals surface area contributed by atoms with Gasteiger partial charge in [-0.1, -0.05) is 30.3 Å². The summed E-state index contributed by atoms with van der Waals surface area (Å²) >= 11 is 0. The average molecular weight is 178 g/mol. The van der Waals surface area contributed by atoms with Crippen LogP contribution in [0.2, 0.25) is 0 Å². The highest BCUT2D eigenvalue weighted by molar-refractivity contribution is 5.66. The van der Waals surface area contributed by atoms with E-state index in [0.29, 0.717) is 0 Å². The molecule has 0 amide bonds. The Kier molecular flexibility index (Phi) is 3.46. The standard InChI is InChI=1S/C10H14N2O/c1-12(2)10(8-11-13)9-6-4-3-5-7-9/h3-8,10,13H,1-2H3/b11-8+. The number of hydrogen-bond donors (Lipinski definition) is 1. The van der Waals surface area contributed by atoms with E-state index in [1.165, 1.54) is 6.21 Å². The monoisotopic (exact) mass is 178 g/mol. The Morgan fingerprint density at radius 3 is 2.38 bits per heavy atom. The summed E-state index contributed by atoms with van der Waals surface area (Å²) in [6.45, 7) is 0. The molecular weight excluding hydrogens is 164 g/mol. The van der Waals surface area contributed by atoms with Crippen LogP contribution in [0.25, 0.3) is 0 Å². The van der Waals surface area contributed by atoms with Crippen molar-refractivity contribution in [3.8, 4) is 0 Å². The molecule has 70 valence electrons. The van der Waals surface area contributed by atoms with Crippen LogP contribution in [0.5, 0.6) is 0 Å². The maximum atomic E-state index is 8.49. The van der Waals surface area contributed by atoms with E-state index in [2.05, 4.69) is 5.16 Å². The first-order valence-electron chi connectivity index (χ1n) is 4.14. The zero-order valence-electron chi connectivity index (χ0n) is 7.88. The van der Waals surface area contributed by atoms with Crippen molar-refractivity contribution in [1.29, 1.82) is 0 Å². The van der Waals surface area contributed by atoms with E-state index < -0.39 is 0 Å². The zero-order valence-corrected chi connectivity index (χ0v) is 7.88. The fourth-order valence-corrected chi connectivity index (χ4v) is 1.23. The highest BCUT2D eigenvalue weighted by Gasteiger charge is 2.10. The summed E-state index contributed by atoms with van der Waals surface area (Å²) in [5.41, 5.74) is 1.12. The van der Waals surface area contributed by atoms with Crippen LogP contribution in [-0.4, -0.2) is 30.4 Å². The van der Waals surface area contributed by atoms with Gasteiger partial charge in [0.15, 0.2) is 0 Å². The summed E-state index contributed by atoms with van der Waals surface area (Å²) in [4.78, 5) is 1.98. The molecule has 13 heavy (non-hydrogen) atoms. The third-order valence-corrected chi connectivity index (χ3v) is 1.91. The second-order valence-electron chi connectivity index (χ2n) is 3.08. The first-order chi connectivity index (χ1) is 6.25. The molecule has 1 aromatic rings. The normalized spacial score (nSPS) is 13.8. The molecule has 3 nitrogen and oxygen atoms in total. The molecule has 0 aliphatic carbocycles. The Labute approximate surface area is 78.3 Å². The van der Waals surface area contributed by atoms with Crippen LogP contribution in [0, 0.1) is 0 Å². The molecule has 1 unspecified atom stereocenters. The molecule has 0 aromatic heterocycles. The third kappa shape index (κ3) is 2.56. The molecule has 1 atom stereocenters. The largest absolute Gasteiger partial charge is 0.411 e. The van der Waals surface area contributed by atoms with Crippen LogP contribution in [0.4, 0.5) is 0 Å². The number of oxime groups is 1. The van der Waals surface area contributed by atoms with Crippen molar-refractivity contribution in [3.05, 3.63) is 35.9 Å². The van der Waals surface area contributed by atoms with Crippen molar-refractivity contribution in [2.24, 2.45) is 5.16 Å². The number of rotatable bonds is 3. The summed E-state index contributed by atoms with van der Waals surface area (Å²) in [6, 6.07) is 9.95. The van der Waals surface area contributed by atoms with E-state index >= 15 is 0 Å². The lowest BCUT2D eigenvalue weighted by molar-refractivity contribution is 0.308. The van der Waals surface area contributed by atoms with Crippen LogP contribution in [0.1, 0.15) is 11.6 Å². The average Bonchev–Trinajstić information content (AvgIpc) is 2.15. The molecule has 0 aliphatic rings. The molecule has 0 saturated carbocycles. The van der Waals surface area contributed by atoms with Gasteiger partial charge < -0.3 is 5.21 Å². The number of nitrogens with zero attached hydrogens (tertiary/aromatic N) is 2. The van der Waals surface area contributed by atoms with Gasteiger partial charge in [-0.15, -0.1) is 5.16 Å². The number of hydrogen-bond acceptors (Lipinski definition) is 3. The van der Waals surface area contributed by atoms with E-state index in [4.69, 9.17) is 5.21 Å². The summed E-state index contributed by atoms with van der Waals surface area (Å²) in [6.07, 6.45) is 1.51. The summed E-state index contributed by atoms with van der Waals surface area (Å²) in [7, 11) is 3.89. The molecule has 1 rings (SSSR count). The first kappa shape index (κ1) is 9.74. The van der Waals surface area contributed by atoms with Crippen molar-refractivity contribution in [2.45, 2.75) is 6.04 Å². The van der Waals surface area contributed by atoms with E-state index in [9.17, 15) is 0 Å². The maximum absolute atomic E-state index is 8.49. The van der Waals surface area contributed by atoms with Gasteiger partial charge in [0, 0.05) is 0 Å². The molecule has 0 bridgehead atoms. The Hall–Kier alpha value is -1.35. The Morgan fingerprint density at radius 1 is 1.31 bits per heavy atom. The van der Waals surface area contributed by atoms with Gasteiger partial charge in [0.2, 0.25) is 0 Å².